The summed E-state index contributed by atoms with van der Waals surface area (Å²) in [7, 11) is 1.33. The fourth-order valence-electron chi connectivity index (χ4n) is 2.13. The van der Waals surface area contributed by atoms with Gasteiger partial charge in [-0.05, 0) is 55.7 Å². The van der Waals surface area contributed by atoms with E-state index < -0.39 is 11.6 Å². The van der Waals surface area contributed by atoms with Crippen molar-refractivity contribution in [3.63, 3.8) is 0 Å². The molecule has 0 aliphatic carbocycles. The number of halogens is 1. The number of hydrogen-bond acceptors (Lipinski definition) is 3. The first-order chi connectivity index (χ1) is 11.8. The summed E-state index contributed by atoms with van der Waals surface area (Å²) in [5.41, 5.74) is 3.39. The summed E-state index contributed by atoms with van der Waals surface area (Å²) in [5.74, 6) is 5.83. The highest BCUT2D eigenvalue weighted by atomic mass is 35.5. The van der Waals surface area contributed by atoms with Gasteiger partial charge in [0.1, 0.15) is 12.2 Å². The van der Waals surface area contributed by atoms with E-state index in [-0.39, 0.29) is 6.61 Å². The summed E-state index contributed by atoms with van der Waals surface area (Å²) in [6.07, 6.45) is 0. The van der Waals surface area contributed by atoms with Crippen molar-refractivity contribution in [2.24, 2.45) is 0 Å². The first-order valence-corrected chi connectivity index (χ1v) is 8.29. The van der Waals surface area contributed by atoms with E-state index in [4.69, 9.17) is 16.3 Å². The summed E-state index contributed by atoms with van der Waals surface area (Å²) in [4.78, 5) is 11.2. The lowest BCUT2D eigenvalue weighted by Gasteiger charge is -2.17. The van der Waals surface area contributed by atoms with Gasteiger partial charge in [-0.25, -0.2) is 4.79 Å². The minimum absolute atomic E-state index is 0.123. The summed E-state index contributed by atoms with van der Waals surface area (Å²) in [6, 6.07) is 13.8. The molecular formula is C21H21ClO3. The fourth-order valence-corrected chi connectivity index (χ4v) is 2.26. The first kappa shape index (κ1) is 19.1. The molecule has 0 aliphatic rings. The second-order valence-corrected chi connectivity index (χ2v) is 6.60. The van der Waals surface area contributed by atoms with Crippen LogP contribution in [0.15, 0.2) is 42.5 Å². The Bertz CT molecular complexity index is 811. The standard InChI is InChI=1S/C21H21ClO3/c1-15-5-6-18(16-7-9-19(22)10-8-16)13-17(15)11-12-21(2,3)25-14-20(23)24-4/h5-10,13H,14H2,1-4H3. The van der Waals surface area contributed by atoms with Crippen LogP contribution in [0.4, 0.5) is 0 Å². The molecule has 0 fully saturated rings. The molecule has 2 rings (SSSR count). The number of methoxy groups -OCH3 is 1. The molecule has 0 amide bonds. The number of ether oxygens (including phenoxy) is 2. The Labute approximate surface area is 153 Å². The van der Waals surface area contributed by atoms with Gasteiger partial charge in [0.25, 0.3) is 0 Å². The van der Waals surface area contributed by atoms with E-state index in [2.05, 4.69) is 22.6 Å². The highest BCUT2D eigenvalue weighted by Crippen LogP contribution is 2.24. The number of carbonyl (C=O) groups excluding carboxylic acids is 1. The van der Waals surface area contributed by atoms with Crippen molar-refractivity contribution in [1.29, 1.82) is 0 Å². The maximum absolute atomic E-state index is 11.2. The smallest absolute Gasteiger partial charge is 0.331 e. The molecule has 0 saturated carbocycles. The molecule has 0 spiro atoms. The monoisotopic (exact) mass is 356 g/mol. The van der Waals surface area contributed by atoms with Crippen LogP contribution in [0, 0.1) is 18.8 Å². The molecule has 0 unspecified atom stereocenters. The molecule has 25 heavy (non-hydrogen) atoms. The fraction of sp³-hybridized carbons (Fsp3) is 0.286. The van der Waals surface area contributed by atoms with Crippen molar-refractivity contribution in [2.75, 3.05) is 13.7 Å². The Morgan fingerprint density at radius 2 is 1.76 bits per heavy atom. The van der Waals surface area contributed by atoms with E-state index in [0.717, 1.165) is 22.3 Å². The maximum atomic E-state index is 11.2. The topological polar surface area (TPSA) is 35.5 Å². The Hall–Kier alpha value is -2.28. The first-order valence-electron chi connectivity index (χ1n) is 7.91. The lowest BCUT2D eigenvalue weighted by molar-refractivity contribution is -0.149. The van der Waals surface area contributed by atoms with Crippen LogP contribution in [0.2, 0.25) is 5.02 Å². The number of aryl methyl sites for hydroxylation is 1. The van der Waals surface area contributed by atoms with Crippen molar-refractivity contribution >= 4 is 17.6 Å². The molecule has 0 bridgehead atoms. The Kier molecular flexibility index (Phi) is 6.25. The highest BCUT2D eigenvalue weighted by molar-refractivity contribution is 6.30. The molecule has 0 radical (unpaired) electrons. The van der Waals surface area contributed by atoms with Crippen LogP contribution in [0.25, 0.3) is 11.1 Å². The van der Waals surface area contributed by atoms with Crippen LogP contribution < -0.4 is 0 Å². The third-order valence-corrected chi connectivity index (χ3v) is 3.94. The molecule has 3 nitrogen and oxygen atoms in total. The van der Waals surface area contributed by atoms with Crippen LogP contribution in [-0.2, 0) is 14.3 Å². The van der Waals surface area contributed by atoms with Crippen molar-refractivity contribution in [2.45, 2.75) is 26.4 Å². The molecule has 2 aromatic rings. The second kappa shape index (κ2) is 8.20. The molecule has 2 aromatic carbocycles. The van der Waals surface area contributed by atoms with Crippen LogP contribution in [0.3, 0.4) is 0 Å². The lowest BCUT2D eigenvalue weighted by atomic mass is 9.99. The zero-order valence-electron chi connectivity index (χ0n) is 14.9. The van der Waals surface area contributed by atoms with Gasteiger partial charge >= 0.3 is 5.97 Å². The van der Waals surface area contributed by atoms with E-state index in [0.29, 0.717) is 5.02 Å². The van der Waals surface area contributed by atoms with Gasteiger partial charge in [0, 0.05) is 10.6 Å². The average molecular weight is 357 g/mol. The molecule has 4 heteroatoms. The number of esters is 1. The van der Waals surface area contributed by atoms with Crippen molar-refractivity contribution < 1.29 is 14.3 Å². The summed E-state index contributed by atoms with van der Waals surface area (Å²) in [5, 5.41) is 0.709. The Morgan fingerprint density at radius 3 is 2.40 bits per heavy atom. The minimum atomic E-state index is -0.753. The molecule has 0 aliphatic heterocycles. The summed E-state index contributed by atoms with van der Waals surface area (Å²) in [6.45, 7) is 5.53. The maximum Gasteiger partial charge on any atom is 0.331 e. The summed E-state index contributed by atoms with van der Waals surface area (Å²) >= 11 is 5.95. The van der Waals surface area contributed by atoms with Gasteiger partial charge in [0.05, 0.1) is 7.11 Å². The SMILES string of the molecule is COC(=O)COC(C)(C)C#Cc1cc(-c2ccc(Cl)cc2)ccc1C. The van der Waals surface area contributed by atoms with E-state index in [1.54, 1.807) is 0 Å². The van der Waals surface area contributed by atoms with E-state index >= 15 is 0 Å². The zero-order chi connectivity index (χ0) is 18.4. The highest BCUT2D eigenvalue weighted by Gasteiger charge is 2.17. The van der Waals surface area contributed by atoms with Gasteiger partial charge in [0.2, 0.25) is 0 Å². The summed E-state index contributed by atoms with van der Waals surface area (Å²) < 4.78 is 10.1. The van der Waals surface area contributed by atoms with Crippen LogP contribution in [0.1, 0.15) is 25.0 Å². The molecule has 0 N–H and O–H groups in total. The third-order valence-electron chi connectivity index (χ3n) is 3.69. The number of hydrogen-bond donors (Lipinski definition) is 0. The number of carbonyl (C=O) groups is 1. The lowest BCUT2D eigenvalue weighted by Crippen LogP contribution is -2.26. The van der Waals surface area contributed by atoms with Gasteiger partial charge in [-0.3, -0.25) is 0 Å². The van der Waals surface area contributed by atoms with Crippen molar-refractivity contribution in [1.82, 2.24) is 0 Å². The number of rotatable bonds is 4. The van der Waals surface area contributed by atoms with Crippen LogP contribution in [0.5, 0.6) is 0 Å². The third kappa shape index (κ3) is 5.63. The minimum Gasteiger partial charge on any atom is -0.467 e. The predicted octanol–water partition coefficient (Wildman–Crippen LogP) is 4.64. The predicted molar refractivity (Wildman–Crippen MR) is 101 cm³/mol. The van der Waals surface area contributed by atoms with E-state index in [9.17, 15) is 4.79 Å². The Morgan fingerprint density at radius 1 is 1.12 bits per heavy atom. The van der Waals surface area contributed by atoms with Gasteiger partial charge < -0.3 is 9.47 Å². The largest absolute Gasteiger partial charge is 0.467 e. The quantitative estimate of drug-likeness (QED) is 0.591. The average Bonchev–Trinajstić information content (AvgIpc) is 2.60. The number of benzene rings is 2. The zero-order valence-corrected chi connectivity index (χ0v) is 15.6. The van der Waals surface area contributed by atoms with Gasteiger partial charge in [0.15, 0.2) is 0 Å². The second-order valence-electron chi connectivity index (χ2n) is 6.16. The molecule has 130 valence electrons. The van der Waals surface area contributed by atoms with Crippen molar-refractivity contribution in [3.05, 3.63) is 58.6 Å². The van der Waals surface area contributed by atoms with E-state index in [1.165, 1.54) is 7.11 Å². The normalized spacial score (nSPS) is 10.8. The molecule has 0 saturated heterocycles. The molecule has 0 aromatic heterocycles. The van der Waals surface area contributed by atoms with Crippen LogP contribution >= 0.6 is 11.6 Å². The van der Waals surface area contributed by atoms with Gasteiger partial charge in [-0.15, -0.1) is 0 Å². The van der Waals surface area contributed by atoms with E-state index in [1.807, 2.05) is 57.2 Å². The Balaban J connectivity index is 2.24. The van der Waals surface area contributed by atoms with Gasteiger partial charge in [-0.2, -0.15) is 0 Å². The molecule has 0 atom stereocenters. The molecule has 0 heterocycles. The van der Waals surface area contributed by atoms with Crippen LogP contribution in [-0.4, -0.2) is 25.3 Å². The van der Waals surface area contributed by atoms with Crippen molar-refractivity contribution in [3.8, 4) is 23.0 Å². The van der Waals surface area contributed by atoms with Gasteiger partial charge in [-0.1, -0.05) is 47.7 Å². The molecular weight excluding hydrogens is 336 g/mol.